The molecule has 0 aliphatic carbocycles. The first-order chi connectivity index (χ1) is 7.69. The van der Waals surface area contributed by atoms with Crippen LogP contribution < -0.4 is 0 Å². The highest BCUT2D eigenvalue weighted by molar-refractivity contribution is 6.30. The molecule has 0 N–H and O–H groups in total. The minimum Gasteiger partial charge on any atom is -0.351 e. The van der Waals surface area contributed by atoms with Gasteiger partial charge in [-0.3, -0.25) is 0 Å². The summed E-state index contributed by atoms with van der Waals surface area (Å²) in [5.41, 5.74) is 0.764. The van der Waals surface area contributed by atoms with Gasteiger partial charge in [0.15, 0.2) is 6.23 Å². The summed E-state index contributed by atoms with van der Waals surface area (Å²) < 4.78 is 5.43. The maximum absolute atomic E-state index is 10.5. The van der Waals surface area contributed by atoms with Crippen LogP contribution in [0.1, 0.15) is 11.8 Å². The normalized spacial score (nSPS) is 12.2. The van der Waals surface area contributed by atoms with Gasteiger partial charge in [-0.25, -0.2) is 5.01 Å². The Morgan fingerprint density at radius 1 is 1.56 bits per heavy atom. The van der Waals surface area contributed by atoms with Crippen molar-refractivity contribution in [1.82, 2.24) is 5.01 Å². The topological polar surface area (TPSA) is 41.9 Å². The molecule has 1 rings (SSSR count). The summed E-state index contributed by atoms with van der Waals surface area (Å²) in [6, 6.07) is 7.07. The Hall–Kier alpha value is -0.840. The van der Waals surface area contributed by atoms with Gasteiger partial charge in [0, 0.05) is 23.5 Å². The first-order valence-corrected chi connectivity index (χ1v) is 5.59. The van der Waals surface area contributed by atoms with E-state index in [4.69, 9.17) is 27.9 Å². The fourth-order valence-electron chi connectivity index (χ4n) is 1.28. The van der Waals surface area contributed by atoms with Crippen molar-refractivity contribution in [3.8, 4) is 0 Å². The molecule has 1 atom stereocenters. The number of hydrogen-bond acceptors (Lipinski definition) is 3. The number of benzene rings is 1. The quantitative estimate of drug-likeness (QED) is 0.342. The second kappa shape index (κ2) is 6.68. The molecule has 1 aromatic carbocycles. The van der Waals surface area contributed by atoms with Crippen molar-refractivity contribution in [2.24, 2.45) is 5.29 Å². The highest BCUT2D eigenvalue weighted by atomic mass is 35.5. The lowest BCUT2D eigenvalue weighted by molar-refractivity contribution is -0.0440. The third-order valence-corrected chi connectivity index (χ3v) is 2.34. The molecule has 88 valence electrons. The Morgan fingerprint density at radius 2 is 2.31 bits per heavy atom. The zero-order valence-electron chi connectivity index (χ0n) is 8.77. The summed E-state index contributed by atoms with van der Waals surface area (Å²) in [6.45, 7) is 0.332. The first-order valence-electron chi connectivity index (χ1n) is 4.68. The second-order valence-electron chi connectivity index (χ2n) is 3.12. The van der Waals surface area contributed by atoms with E-state index in [1.807, 2.05) is 6.07 Å². The van der Waals surface area contributed by atoms with E-state index in [2.05, 4.69) is 5.29 Å². The lowest BCUT2D eigenvalue weighted by atomic mass is 10.2. The molecule has 4 nitrogen and oxygen atoms in total. The van der Waals surface area contributed by atoms with Crippen LogP contribution in [0.25, 0.3) is 0 Å². The standard InChI is InChI=1S/C10H12Cl2N2O2/c1-14(13-15)10(16-6-5-11)8-3-2-4-9(12)7-8/h2-4,7,10H,5-6H2,1H3. The minimum absolute atomic E-state index is 0.332. The number of hydrogen-bond donors (Lipinski definition) is 0. The van der Waals surface area contributed by atoms with Gasteiger partial charge in [0.2, 0.25) is 0 Å². The highest BCUT2D eigenvalue weighted by Gasteiger charge is 2.17. The predicted molar refractivity (Wildman–Crippen MR) is 64.4 cm³/mol. The van der Waals surface area contributed by atoms with E-state index in [9.17, 15) is 4.91 Å². The lowest BCUT2D eigenvalue weighted by Crippen LogP contribution is -2.22. The van der Waals surface area contributed by atoms with Crippen LogP contribution in [0, 0.1) is 4.91 Å². The second-order valence-corrected chi connectivity index (χ2v) is 3.94. The SMILES string of the molecule is CN(N=O)C(OCCCl)c1cccc(Cl)c1. The summed E-state index contributed by atoms with van der Waals surface area (Å²) in [4.78, 5) is 10.5. The van der Waals surface area contributed by atoms with Crippen LogP contribution in [0.3, 0.4) is 0 Å². The Balaban J connectivity index is 2.86. The van der Waals surface area contributed by atoms with Crippen LogP contribution in [-0.2, 0) is 4.74 Å². The summed E-state index contributed by atoms with van der Waals surface area (Å²) in [5.74, 6) is 0.351. The molecule has 0 aliphatic heterocycles. The van der Waals surface area contributed by atoms with Gasteiger partial charge < -0.3 is 4.74 Å². The molecule has 0 fully saturated rings. The first kappa shape index (κ1) is 13.2. The molecule has 0 bridgehead atoms. The van der Waals surface area contributed by atoms with Gasteiger partial charge in [-0.1, -0.05) is 23.7 Å². The Labute approximate surface area is 104 Å². The number of ether oxygens (including phenoxy) is 1. The van der Waals surface area contributed by atoms with Crippen LogP contribution in [0.5, 0.6) is 0 Å². The van der Waals surface area contributed by atoms with Crippen LogP contribution in [-0.4, -0.2) is 24.5 Å². The summed E-state index contributed by atoms with van der Waals surface area (Å²) in [7, 11) is 1.53. The van der Waals surface area contributed by atoms with E-state index in [1.165, 1.54) is 12.1 Å². The number of alkyl halides is 1. The molecule has 0 aromatic heterocycles. The largest absolute Gasteiger partial charge is 0.351 e. The smallest absolute Gasteiger partial charge is 0.174 e. The zero-order chi connectivity index (χ0) is 12.0. The molecule has 16 heavy (non-hydrogen) atoms. The van der Waals surface area contributed by atoms with E-state index in [-0.39, 0.29) is 0 Å². The monoisotopic (exact) mass is 262 g/mol. The Kier molecular flexibility index (Phi) is 5.52. The van der Waals surface area contributed by atoms with Gasteiger partial charge in [0.05, 0.1) is 11.9 Å². The zero-order valence-corrected chi connectivity index (χ0v) is 10.3. The van der Waals surface area contributed by atoms with Gasteiger partial charge in [0.25, 0.3) is 0 Å². The molecule has 0 heterocycles. The molecule has 1 unspecified atom stereocenters. The molecular formula is C10H12Cl2N2O2. The number of rotatable bonds is 6. The van der Waals surface area contributed by atoms with Crippen molar-refractivity contribution in [3.05, 3.63) is 39.8 Å². The van der Waals surface area contributed by atoms with Crippen molar-refractivity contribution < 1.29 is 4.74 Å². The Morgan fingerprint density at radius 3 is 2.88 bits per heavy atom. The lowest BCUT2D eigenvalue weighted by Gasteiger charge is -2.23. The summed E-state index contributed by atoms with van der Waals surface area (Å²) >= 11 is 11.4. The molecule has 6 heteroatoms. The molecule has 0 spiro atoms. The summed E-state index contributed by atoms with van der Waals surface area (Å²) in [5, 5.41) is 4.58. The molecule has 0 radical (unpaired) electrons. The average Bonchev–Trinajstić information content (AvgIpc) is 2.29. The maximum atomic E-state index is 10.5. The maximum Gasteiger partial charge on any atom is 0.174 e. The van der Waals surface area contributed by atoms with Crippen molar-refractivity contribution in [3.63, 3.8) is 0 Å². The van der Waals surface area contributed by atoms with Crippen LogP contribution in [0.15, 0.2) is 29.6 Å². The van der Waals surface area contributed by atoms with Gasteiger partial charge in [-0.15, -0.1) is 16.5 Å². The number of halogens is 2. The van der Waals surface area contributed by atoms with Crippen LogP contribution in [0.4, 0.5) is 0 Å². The molecular weight excluding hydrogens is 251 g/mol. The van der Waals surface area contributed by atoms with E-state index in [0.29, 0.717) is 17.5 Å². The van der Waals surface area contributed by atoms with E-state index in [1.54, 1.807) is 18.2 Å². The van der Waals surface area contributed by atoms with Crippen molar-refractivity contribution in [1.29, 1.82) is 0 Å². The highest BCUT2D eigenvalue weighted by Crippen LogP contribution is 2.23. The minimum atomic E-state index is -0.560. The fourth-order valence-corrected chi connectivity index (χ4v) is 1.57. The van der Waals surface area contributed by atoms with Crippen LogP contribution in [0.2, 0.25) is 5.02 Å². The average molecular weight is 263 g/mol. The van der Waals surface area contributed by atoms with Crippen LogP contribution >= 0.6 is 23.2 Å². The molecule has 0 saturated carbocycles. The Bertz CT molecular complexity index is 349. The van der Waals surface area contributed by atoms with Crippen molar-refractivity contribution >= 4 is 23.2 Å². The molecule has 0 saturated heterocycles. The van der Waals surface area contributed by atoms with Crippen molar-refractivity contribution in [2.75, 3.05) is 19.5 Å². The third-order valence-electron chi connectivity index (χ3n) is 1.95. The van der Waals surface area contributed by atoms with E-state index in [0.717, 1.165) is 5.56 Å². The van der Waals surface area contributed by atoms with Gasteiger partial charge in [0.1, 0.15) is 0 Å². The molecule has 0 amide bonds. The van der Waals surface area contributed by atoms with Gasteiger partial charge >= 0.3 is 0 Å². The third kappa shape index (κ3) is 3.63. The van der Waals surface area contributed by atoms with E-state index >= 15 is 0 Å². The van der Waals surface area contributed by atoms with Gasteiger partial charge in [-0.2, -0.15) is 0 Å². The number of nitroso groups, excluding NO2 is 1. The fraction of sp³-hybridized carbons (Fsp3) is 0.400. The molecule has 0 aliphatic rings. The number of nitrogens with zero attached hydrogens (tertiary/aromatic N) is 2. The van der Waals surface area contributed by atoms with E-state index < -0.39 is 6.23 Å². The van der Waals surface area contributed by atoms with Crippen molar-refractivity contribution in [2.45, 2.75) is 6.23 Å². The summed E-state index contributed by atoms with van der Waals surface area (Å²) in [6.07, 6.45) is -0.560. The van der Waals surface area contributed by atoms with Gasteiger partial charge in [-0.05, 0) is 12.1 Å². The molecule has 1 aromatic rings. The predicted octanol–water partition coefficient (Wildman–Crippen LogP) is 3.21.